The molecule has 6 heteroatoms. The molecule has 2 heterocycles. The monoisotopic (exact) mass is 363 g/mol. The van der Waals surface area contributed by atoms with Crippen LogP contribution in [0.1, 0.15) is 13.8 Å². The third-order valence-corrected chi connectivity index (χ3v) is 5.27. The van der Waals surface area contributed by atoms with Crippen LogP contribution >= 0.6 is 0 Å². The Hall–Kier alpha value is -2.99. The third kappa shape index (κ3) is 3.02. The molecule has 0 amide bonds. The lowest BCUT2D eigenvalue weighted by Crippen LogP contribution is -2.26. The van der Waals surface area contributed by atoms with Crippen molar-refractivity contribution in [3.63, 3.8) is 0 Å². The second-order valence-corrected chi connectivity index (χ2v) is 6.70. The molecule has 0 aliphatic heterocycles. The Kier molecular flexibility index (Phi) is 4.49. The quantitative estimate of drug-likeness (QED) is 0.513. The van der Waals surface area contributed by atoms with E-state index in [-0.39, 0.29) is 10.6 Å². The van der Waals surface area contributed by atoms with Crippen LogP contribution in [0.5, 0.6) is 0 Å². The number of rotatable bonds is 6. The van der Waals surface area contributed by atoms with Crippen LogP contribution in [0.15, 0.2) is 48.5 Å². The van der Waals surface area contributed by atoms with Crippen molar-refractivity contribution < 1.29 is 10.1 Å². The van der Waals surface area contributed by atoms with E-state index in [1.807, 2.05) is 12.1 Å². The lowest BCUT2D eigenvalue weighted by atomic mass is 10.1. The third-order valence-electron chi connectivity index (χ3n) is 5.27. The molecule has 0 bridgehead atoms. The molecule has 27 heavy (non-hydrogen) atoms. The van der Waals surface area contributed by atoms with Gasteiger partial charge in [-0.25, -0.2) is 10.2 Å². The van der Waals surface area contributed by atoms with Crippen LogP contribution in [0, 0.1) is 4.91 Å². The zero-order valence-corrected chi connectivity index (χ0v) is 15.6. The molecular formula is C21H23N4O2+. The Bertz CT molecular complexity index is 1150. The van der Waals surface area contributed by atoms with Gasteiger partial charge in [0.25, 0.3) is 4.92 Å². The van der Waals surface area contributed by atoms with Gasteiger partial charge in [0.15, 0.2) is 0 Å². The summed E-state index contributed by atoms with van der Waals surface area (Å²) in [6.07, 6.45) is 0. The molecule has 0 aliphatic rings. The van der Waals surface area contributed by atoms with Gasteiger partial charge in [-0.15, -0.1) is 0 Å². The minimum absolute atomic E-state index is 0.112. The minimum atomic E-state index is -0.112. The van der Waals surface area contributed by atoms with Crippen molar-refractivity contribution in [2.75, 3.05) is 19.6 Å². The van der Waals surface area contributed by atoms with E-state index in [9.17, 15) is 10.1 Å². The zero-order chi connectivity index (χ0) is 19.0. The number of nitrogens with zero attached hydrogens (tertiary/aromatic N) is 4. The van der Waals surface area contributed by atoms with Gasteiger partial charge in [0.05, 0.1) is 27.0 Å². The predicted molar refractivity (Wildman–Crippen MR) is 108 cm³/mol. The molecule has 0 atom stereocenters. The molecule has 0 aliphatic carbocycles. The summed E-state index contributed by atoms with van der Waals surface area (Å²) in [4.78, 5) is 18.4. The van der Waals surface area contributed by atoms with Gasteiger partial charge in [0.2, 0.25) is 0 Å². The Morgan fingerprint density at radius 2 is 1.85 bits per heavy atom. The molecule has 2 aromatic carbocycles. The first-order valence-electron chi connectivity index (χ1n) is 9.32. The molecule has 1 N–H and O–H groups in total. The number of hydrogen-bond acceptors (Lipinski definition) is 3. The van der Waals surface area contributed by atoms with E-state index in [2.05, 4.69) is 41.5 Å². The lowest BCUT2D eigenvalue weighted by Gasteiger charge is -2.19. The Labute approximate surface area is 157 Å². The highest BCUT2D eigenvalue weighted by molar-refractivity contribution is 6.09. The molecular weight excluding hydrogens is 340 g/mol. The standard InChI is InChI=1S/C21H23N4O2/c1-3-23(4-2)11-12-24-19-8-6-5-7-17(19)21-20(24)14-15-13-16(25(26)27)9-10-18(15)22-21/h5-10,13-14H,3-4,11-12H2,1-2H3,(H,26,27)/q+1. The van der Waals surface area contributed by atoms with E-state index in [1.54, 1.807) is 18.2 Å². The second kappa shape index (κ2) is 6.96. The molecule has 0 spiro atoms. The van der Waals surface area contributed by atoms with Crippen molar-refractivity contribution in [3.8, 4) is 0 Å². The summed E-state index contributed by atoms with van der Waals surface area (Å²) in [6, 6.07) is 15.4. The van der Waals surface area contributed by atoms with Crippen LogP contribution in [0.2, 0.25) is 0 Å². The van der Waals surface area contributed by atoms with Crippen LogP contribution in [0.25, 0.3) is 32.8 Å². The second-order valence-electron chi connectivity index (χ2n) is 6.70. The van der Waals surface area contributed by atoms with E-state index < -0.39 is 0 Å². The van der Waals surface area contributed by atoms with Gasteiger partial charge in [-0.2, -0.15) is 0 Å². The van der Waals surface area contributed by atoms with E-state index in [0.717, 1.165) is 59.0 Å². The molecule has 4 rings (SSSR count). The average molecular weight is 363 g/mol. The molecule has 0 saturated carbocycles. The summed E-state index contributed by atoms with van der Waals surface area (Å²) in [6.45, 7) is 8.23. The minimum Gasteiger partial charge on any atom is -0.338 e. The number of benzene rings is 2. The van der Waals surface area contributed by atoms with E-state index >= 15 is 0 Å². The highest BCUT2D eigenvalue weighted by Crippen LogP contribution is 2.31. The van der Waals surface area contributed by atoms with Crippen molar-refractivity contribution in [1.29, 1.82) is 0 Å². The topological polar surface area (TPSA) is 61.4 Å². The molecule has 0 radical (unpaired) electrons. The van der Waals surface area contributed by atoms with Crippen LogP contribution in [-0.4, -0.2) is 44.2 Å². The van der Waals surface area contributed by atoms with Crippen LogP contribution in [-0.2, 0) is 6.54 Å². The summed E-state index contributed by atoms with van der Waals surface area (Å²) in [5, 5.41) is 11.2. The summed E-state index contributed by atoms with van der Waals surface area (Å²) in [7, 11) is 0. The molecule has 0 fully saturated rings. The van der Waals surface area contributed by atoms with Crippen LogP contribution in [0.3, 0.4) is 0 Å². The van der Waals surface area contributed by atoms with Crippen LogP contribution < -0.4 is 0 Å². The lowest BCUT2D eigenvalue weighted by molar-refractivity contribution is -0.729. The van der Waals surface area contributed by atoms with Crippen LogP contribution in [0.4, 0.5) is 5.69 Å². The first kappa shape index (κ1) is 17.4. The highest BCUT2D eigenvalue weighted by atomic mass is 16.6. The summed E-state index contributed by atoms with van der Waals surface area (Å²) in [5.41, 5.74) is 4.18. The van der Waals surface area contributed by atoms with Gasteiger partial charge < -0.3 is 9.47 Å². The number of pyridine rings is 1. The molecule has 2 aromatic heterocycles. The molecule has 0 unspecified atom stereocenters. The maximum absolute atomic E-state index is 11.2. The summed E-state index contributed by atoms with van der Waals surface area (Å²) < 4.78 is 2.30. The first-order valence-corrected chi connectivity index (χ1v) is 9.32. The van der Waals surface area contributed by atoms with Gasteiger partial charge in [0.1, 0.15) is 0 Å². The van der Waals surface area contributed by atoms with Gasteiger partial charge in [-0.05, 0) is 31.3 Å². The van der Waals surface area contributed by atoms with Gasteiger partial charge in [-0.3, -0.25) is 0 Å². The SMILES string of the molecule is CCN(CC)CCn1c2ccccc2c2nc3ccc([N+](=O)O)cc3cc21. The van der Waals surface area contributed by atoms with Gasteiger partial charge in [-0.1, -0.05) is 32.0 Å². The highest BCUT2D eigenvalue weighted by Gasteiger charge is 2.16. The summed E-state index contributed by atoms with van der Waals surface area (Å²) in [5.74, 6) is 0. The number of likely N-dealkylation sites (N-methyl/N-ethyl adjacent to an activating group) is 1. The molecule has 0 saturated heterocycles. The Morgan fingerprint density at radius 1 is 1.07 bits per heavy atom. The number of aromatic nitrogens is 2. The van der Waals surface area contributed by atoms with Crippen molar-refractivity contribution in [2.24, 2.45) is 0 Å². The molecule has 6 nitrogen and oxygen atoms in total. The predicted octanol–water partition coefficient (Wildman–Crippen LogP) is 4.48. The smallest absolute Gasteiger partial charge is 0.317 e. The normalized spacial score (nSPS) is 11.8. The van der Waals surface area contributed by atoms with E-state index in [0.29, 0.717) is 0 Å². The van der Waals surface area contributed by atoms with E-state index in [4.69, 9.17) is 4.98 Å². The van der Waals surface area contributed by atoms with Crippen molar-refractivity contribution in [3.05, 3.63) is 53.4 Å². The zero-order valence-electron chi connectivity index (χ0n) is 15.6. The fourth-order valence-electron chi connectivity index (χ4n) is 3.74. The van der Waals surface area contributed by atoms with Crippen molar-refractivity contribution in [1.82, 2.24) is 14.5 Å². The first-order chi connectivity index (χ1) is 13.1. The number of fused-ring (bicyclic) bond motifs is 4. The maximum atomic E-state index is 11.2. The summed E-state index contributed by atoms with van der Waals surface area (Å²) >= 11 is 0. The van der Waals surface area contributed by atoms with E-state index in [1.165, 1.54) is 0 Å². The van der Waals surface area contributed by atoms with Gasteiger partial charge in [0, 0.05) is 36.0 Å². The maximum Gasteiger partial charge on any atom is 0.317 e. The van der Waals surface area contributed by atoms with Crippen molar-refractivity contribution >= 4 is 38.5 Å². The largest absolute Gasteiger partial charge is 0.338 e. The Morgan fingerprint density at radius 3 is 2.59 bits per heavy atom. The van der Waals surface area contributed by atoms with Gasteiger partial charge >= 0.3 is 5.69 Å². The fourth-order valence-corrected chi connectivity index (χ4v) is 3.74. The fraction of sp³-hybridized carbons (Fsp3) is 0.286. The molecule has 4 aromatic rings. The van der Waals surface area contributed by atoms with Crippen molar-refractivity contribution in [2.45, 2.75) is 20.4 Å². The number of para-hydroxylation sites is 1. The number of hydrogen-bond donors (Lipinski definition) is 1. The molecule has 138 valence electrons. The average Bonchev–Trinajstić information content (AvgIpc) is 2.99. The Balaban J connectivity index is 1.93.